The van der Waals surface area contributed by atoms with Gasteiger partial charge in [0.1, 0.15) is 5.75 Å². The monoisotopic (exact) mass is 400 g/mol. The molecule has 0 N–H and O–H groups in total. The van der Waals surface area contributed by atoms with Gasteiger partial charge in [-0.15, -0.1) is 21.5 Å². The van der Waals surface area contributed by atoms with Crippen molar-refractivity contribution >= 4 is 28.1 Å². The summed E-state index contributed by atoms with van der Waals surface area (Å²) >= 11 is 2.79. The van der Waals surface area contributed by atoms with Crippen molar-refractivity contribution in [2.45, 2.75) is 31.4 Å². The van der Waals surface area contributed by atoms with E-state index in [0.29, 0.717) is 27.5 Å². The Hall–Kier alpha value is -2.65. The molecule has 4 aromatic rings. The number of rotatable bonds is 6. The molecule has 138 valence electrons. The first-order valence-electron chi connectivity index (χ1n) is 8.20. The lowest BCUT2D eigenvalue weighted by atomic mass is 10.2. The third kappa shape index (κ3) is 4.04. The van der Waals surface area contributed by atoms with Crippen LogP contribution in [0.3, 0.4) is 0 Å². The number of aryl methyl sites for hydroxylation is 2. The summed E-state index contributed by atoms with van der Waals surface area (Å²) in [6.07, 6.45) is 0. The van der Waals surface area contributed by atoms with E-state index in [1.807, 2.05) is 43.5 Å². The molecule has 0 saturated carbocycles. The van der Waals surface area contributed by atoms with Crippen LogP contribution in [0.15, 0.2) is 50.1 Å². The smallest absolute Gasteiger partial charge is 0.277 e. The van der Waals surface area contributed by atoms with E-state index in [2.05, 4.69) is 15.2 Å². The molecule has 4 rings (SSSR count). The molecular weight excluding hydrogens is 384 g/mol. The van der Waals surface area contributed by atoms with E-state index in [1.54, 1.807) is 4.40 Å². The minimum Gasteiger partial charge on any atom is -0.484 e. The van der Waals surface area contributed by atoms with E-state index in [0.717, 1.165) is 11.4 Å². The number of hydrogen-bond acceptors (Lipinski definition) is 8. The molecule has 9 heteroatoms. The maximum atomic E-state index is 12.2. The second-order valence-corrected chi connectivity index (χ2v) is 7.70. The van der Waals surface area contributed by atoms with Crippen LogP contribution in [0, 0.1) is 13.8 Å². The maximum absolute atomic E-state index is 12.2. The Morgan fingerprint density at radius 1 is 1.22 bits per heavy atom. The van der Waals surface area contributed by atoms with Gasteiger partial charge in [0, 0.05) is 22.9 Å². The van der Waals surface area contributed by atoms with E-state index in [4.69, 9.17) is 9.15 Å². The standard InChI is InChI=1S/C18H16N4O3S2/c1-11-3-5-14(6-4-11)24-8-15-20-21-18(25-15)27-10-13-7-16(23)22-12(2)9-26-17(22)19-13/h3-7,9H,8,10H2,1-2H3. The molecule has 0 saturated heterocycles. The highest BCUT2D eigenvalue weighted by Gasteiger charge is 2.11. The van der Waals surface area contributed by atoms with E-state index in [9.17, 15) is 4.79 Å². The van der Waals surface area contributed by atoms with Crippen LogP contribution in [0.5, 0.6) is 5.75 Å². The third-order valence-corrected chi connectivity index (χ3v) is 5.60. The zero-order chi connectivity index (χ0) is 18.8. The number of thioether (sulfide) groups is 1. The van der Waals surface area contributed by atoms with Gasteiger partial charge in [-0.3, -0.25) is 9.20 Å². The summed E-state index contributed by atoms with van der Waals surface area (Å²) < 4.78 is 12.8. The fraction of sp³-hybridized carbons (Fsp3) is 0.222. The SMILES string of the molecule is Cc1ccc(OCc2nnc(SCc3cc(=O)n4c(C)csc4n3)o2)cc1. The minimum atomic E-state index is -0.0768. The minimum absolute atomic E-state index is 0.0768. The van der Waals surface area contributed by atoms with Gasteiger partial charge in [-0.1, -0.05) is 29.5 Å². The first kappa shape index (κ1) is 17.7. The molecule has 0 radical (unpaired) electrons. The van der Waals surface area contributed by atoms with Crippen molar-refractivity contribution < 1.29 is 9.15 Å². The van der Waals surface area contributed by atoms with E-state index < -0.39 is 0 Å². The molecule has 0 bridgehead atoms. The molecule has 3 aromatic heterocycles. The van der Waals surface area contributed by atoms with Gasteiger partial charge in [0.05, 0.1) is 5.69 Å². The highest BCUT2D eigenvalue weighted by molar-refractivity contribution is 7.98. The lowest BCUT2D eigenvalue weighted by molar-refractivity contribution is 0.252. The summed E-state index contributed by atoms with van der Waals surface area (Å²) in [5.74, 6) is 1.62. The number of nitrogens with zero attached hydrogens (tertiary/aromatic N) is 4. The number of hydrogen-bond donors (Lipinski definition) is 0. The van der Waals surface area contributed by atoms with Crippen LogP contribution < -0.4 is 10.3 Å². The van der Waals surface area contributed by atoms with Crippen LogP contribution in [0.25, 0.3) is 4.96 Å². The predicted molar refractivity (Wildman–Crippen MR) is 103 cm³/mol. The Balaban J connectivity index is 1.38. The van der Waals surface area contributed by atoms with Crippen molar-refractivity contribution in [2.24, 2.45) is 0 Å². The Morgan fingerprint density at radius 2 is 2.04 bits per heavy atom. The number of benzene rings is 1. The molecule has 0 aliphatic rings. The van der Waals surface area contributed by atoms with Crippen LogP contribution >= 0.6 is 23.1 Å². The van der Waals surface area contributed by atoms with Gasteiger partial charge in [0.25, 0.3) is 16.7 Å². The molecule has 1 aromatic carbocycles. The van der Waals surface area contributed by atoms with Crippen molar-refractivity contribution in [3.8, 4) is 5.75 Å². The Morgan fingerprint density at radius 3 is 2.85 bits per heavy atom. The molecule has 0 spiro atoms. The topological polar surface area (TPSA) is 82.5 Å². The fourth-order valence-corrected chi connectivity index (χ4v) is 4.01. The van der Waals surface area contributed by atoms with Gasteiger partial charge in [-0.2, -0.15) is 0 Å². The molecule has 27 heavy (non-hydrogen) atoms. The van der Waals surface area contributed by atoms with Crippen LogP contribution in [-0.4, -0.2) is 19.6 Å². The second kappa shape index (κ2) is 7.53. The number of aromatic nitrogens is 4. The Bertz CT molecular complexity index is 1130. The fourth-order valence-electron chi connectivity index (χ4n) is 2.44. The average molecular weight is 400 g/mol. The largest absolute Gasteiger partial charge is 0.484 e. The van der Waals surface area contributed by atoms with Crippen molar-refractivity contribution in [1.82, 2.24) is 19.6 Å². The first-order chi connectivity index (χ1) is 13.1. The van der Waals surface area contributed by atoms with Gasteiger partial charge < -0.3 is 9.15 Å². The molecule has 7 nitrogen and oxygen atoms in total. The third-order valence-electron chi connectivity index (χ3n) is 3.80. The van der Waals surface area contributed by atoms with Crippen LogP contribution in [0.4, 0.5) is 0 Å². The van der Waals surface area contributed by atoms with Crippen LogP contribution in [0.2, 0.25) is 0 Å². The van der Waals surface area contributed by atoms with Crippen molar-refractivity contribution in [2.75, 3.05) is 0 Å². The summed E-state index contributed by atoms with van der Waals surface area (Å²) in [5.41, 5.74) is 2.67. The zero-order valence-corrected chi connectivity index (χ0v) is 16.3. The zero-order valence-electron chi connectivity index (χ0n) is 14.7. The molecule has 0 fully saturated rings. The molecular formula is C18H16N4O3S2. The average Bonchev–Trinajstić information content (AvgIpc) is 3.26. The molecule has 0 atom stereocenters. The van der Waals surface area contributed by atoms with Gasteiger partial charge in [-0.05, 0) is 26.0 Å². The van der Waals surface area contributed by atoms with Gasteiger partial charge >= 0.3 is 0 Å². The van der Waals surface area contributed by atoms with E-state index >= 15 is 0 Å². The normalized spacial score (nSPS) is 11.2. The molecule has 0 aliphatic heterocycles. The van der Waals surface area contributed by atoms with Gasteiger partial charge in [-0.25, -0.2) is 4.98 Å². The lowest BCUT2D eigenvalue weighted by Gasteiger charge is -2.02. The summed E-state index contributed by atoms with van der Waals surface area (Å²) in [7, 11) is 0. The highest BCUT2D eigenvalue weighted by atomic mass is 32.2. The predicted octanol–water partition coefficient (Wildman–Crippen LogP) is 3.63. The number of ether oxygens (including phenoxy) is 1. The quantitative estimate of drug-likeness (QED) is 0.457. The summed E-state index contributed by atoms with van der Waals surface area (Å²) in [4.78, 5) is 17.4. The van der Waals surface area contributed by atoms with E-state index in [1.165, 1.54) is 34.7 Å². The summed E-state index contributed by atoms with van der Waals surface area (Å²) in [6, 6.07) is 9.29. The highest BCUT2D eigenvalue weighted by Crippen LogP contribution is 2.22. The van der Waals surface area contributed by atoms with Gasteiger partial charge in [0.15, 0.2) is 11.6 Å². The summed E-state index contributed by atoms with van der Waals surface area (Å²) in [6.45, 7) is 4.11. The van der Waals surface area contributed by atoms with Crippen molar-refractivity contribution in [3.63, 3.8) is 0 Å². The Labute approximate surface area is 163 Å². The summed E-state index contributed by atoms with van der Waals surface area (Å²) in [5, 5.41) is 10.3. The lowest BCUT2D eigenvalue weighted by Crippen LogP contribution is -2.14. The molecule has 0 aliphatic carbocycles. The Kier molecular flexibility index (Phi) is 4.95. The van der Waals surface area contributed by atoms with Crippen molar-refractivity contribution in [3.05, 3.63) is 68.9 Å². The van der Waals surface area contributed by atoms with E-state index in [-0.39, 0.29) is 12.2 Å². The van der Waals surface area contributed by atoms with Crippen LogP contribution in [0.1, 0.15) is 22.8 Å². The second-order valence-electron chi connectivity index (χ2n) is 5.93. The van der Waals surface area contributed by atoms with Crippen molar-refractivity contribution in [1.29, 1.82) is 0 Å². The first-order valence-corrected chi connectivity index (χ1v) is 10.1. The number of thiazole rings is 1. The number of fused-ring (bicyclic) bond motifs is 1. The molecule has 0 unspecified atom stereocenters. The molecule has 3 heterocycles. The van der Waals surface area contributed by atoms with Crippen LogP contribution in [-0.2, 0) is 12.4 Å². The maximum Gasteiger partial charge on any atom is 0.277 e. The molecule has 0 amide bonds. The van der Waals surface area contributed by atoms with Gasteiger partial charge in [0.2, 0.25) is 0 Å².